The van der Waals surface area contributed by atoms with Crippen LogP contribution in [0.25, 0.3) is 11.3 Å². The summed E-state index contributed by atoms with van der Waals surface area (Å²) >= 11 is 5.99. The van der Waals surface area contributed by atoms with Gasteiger partial charge in [0.15, 0.2) is 11.3 Å². The van der Waals surface area contributed by atoms with Gasteiger partial charge >= 0.3 is 6.18 Å². The molecule has 0 aliphatic heterocycles. The largest absolute Gasteiger partial charge is 0.435 e. The van der Waals surface area contributed by atoms with E-state index in [2.05, 4.69) is 15.1 Å². The van der Waals surface area contributed by atoms with Crippen molar-refractivity contribution in [3.8, 4) is 5.69 Å². The van der Waals surface area contributed by atoms with E-state index in [1.165, 1.54) is 4.68 Å². The van der Waals surface area contributed by atoms with Crippen molar-refractivity contribution in [2.24, 2.45) is 0 Å². The van der Waals surface area contributed by atoms with Crippen molar-refractivity contribution in [2.75, 3.05) is 0 Å². The summed E-state index contributed by atoms with van der Waals surface area (Å²) in [5.74, 6) is 0.766. The van der Waals surface area contributed by atoms with Crippen molar-refractivity contribution in [1.82, 2.24) is 24.1 Å². The minimum absolute atomic E-state index is 0.412. The molecular formula is C18H13ClF3N5. The predicted octanol–water partition coefficient (Wildman–Crippen LogP) is 4.49. The second-order valence-electron chi connectivity index (χ2n) is 6.10. The number of nitrogens with zero attached hydrogens (tertiary/aromatic N) is 5. The van der Waals surface area contributed by atoms with Gasteiger partial charge in [0.05, 0.1) is 16.9 Å². The van der Waals surface area contributed by atoms with E-state index >= 15 is 0 Å². The number of fused-ring (bicyclic) bond motifs is 1. The third-order valence-corrected chi connectivity index (χ3v) is 4.34. The normalized spacial score (nSPS) is 12.0. The van der Waals surface area contributed by atoms with Crippen LogP contribution in [-0.2, 0) is 12.6 Å². The Bertz CT molecular complexity index is 1110. The molecule has 0 radical (unpaired) electrons. The lowest BCUT2D eigenvalue weighted by atomic mass is 10.1. The van der Waals surface area contributed by atoms with E-state index in [0.29, 0.717) is 28.5 Å². The smallest absolute Gasteiger partial charge is 0.286 e. The third-order valence-electron chi connectivity index (χ3n) is 4.15. The lowest BCUT2D eigenvalue weighted by Gasteiger charge is -2.07. The fraction of sp³-hybridized carbons (Fsp3) is 0.167. The summed E-state index contributed by atoms with van der Waals surface area (Å²) in [4.78, 5) is 8.55. The molecule has 27 heavy (non-hydrogen) atoms. The number of hydrogen-bond acceptors (Lipinski definition) is 3. The highest BCUT2D eigenvalue weighted by Crippen LogP contribution is 2.29. The van der Waals surface area contributed by atoms with Gasteiger partial charge in [-0.25, -0.2) is 14.6 Å². The van der Waals surface area contributed by atoms with E-state index in [0.717, 1.165) is 17.5 Å². The lowest BCUT2D eigenvalue weighted by molar-refractivity contribution is -0.141. The topological polar surface area (TPSA) is 48.0 Å². The Morgan fingerprint density at radius 1 is 1.07 bits per heavy atom. The van der Waals surface area contributed by atoms with E-state index in [-0.39, 0.29) is 0 Å². The van der Waals surface area contributed by atoms with Crippen LogP contribution < -0.4 is 0 Å². The highest BCUT2D eigenvalue weighted by molar-refractivity contribution is 6.30. The Balaban J connectivity index is 1.61. The lowest BCUT2D eigenvalue weighted by Crippen LogP contribution is -2.07. The molecule has 4 rings (SSSR count). The van der Waals surface area contributed by atoms with Crippen LogP contribution in [0.1, 0.15) is 22.8 Å². The molecule has 0 fully saturated rings. The summed E-state index contributed by atoms with van der Waals surface area (Å²) in [5, 5.41) is 4.17. The Kier molecular flexibility index (Phi) is 4.15. The molecule has 0 amide bonds. The molecule has 4 aromatic rings. The number of alkyl halides is 3. The van der Waals surface area contributed by atoms with E-state index in [4.69, 9.17) is 11.6 Å². The molecule has 3 aromatic heterocycles. The summed E-state index contributed by atoms with van der Waals surface area (Å²) in [6.07, 6.45) is 1.02. The number of aryl methyl sites for hydroxylation is 1. The van der Waals surface area contributed by atoms with Gasteiger partial charge < -0.3 is 0 Å². The van der Waals surface area contributed by atoms with Crippen molar-refractivity contribution in [2.45, 2.75) is 19.5 Å². The van der Waals surface area contributed by atoms with Crippen LogP contribution in [0.5, 0.6) is 0 Å². The number of rotatable bonds is 3. The van der Waals surface area contributed by atoms with Gasteiger partial charge in [-0.2, -0.15) is 18.3 Å². The molecule has 0 bridgehead atoms. The van der Waals surface area contributed by atoms with E-state index < -0.39 is 11.9 Å². The molecule has 0 atom stereocenters. The molecule has 5 nitrogen and oxygen atoms in total. The van der Waals surface area contributed by atoms with Crippen LogP contribution in [0, 0.1) is 6.92 Å². The first-order valence-corrected chi connectivity index (χ1v) is 8.40. The summed E-state index contributed by atoms with van der Waals surface area (Å²) < 4.78 is 41.6. The molecule has 1 aromatic carbocycles. The van der Waals surface area contributed by atoms with Gasteiger partial charge in [-0.15, -0.1) is 0 Å². The molecular weight excluding hydrogens is 379 g/mol. The van der Waals surface area contributed by atoms with Crippen LogP contribution in [-0.4, -0.2) is 24.1 Å². The van der Waals surface area contributed by atoms with Gasteiger partial charge in [0.1, 0.15) is 5.82 Å². The van der Waals surface area contributed by atoms with Gasteiger partial charge in [-0.1, -0.05) is 23.7 Å². The predicted molar refractivity (Wildman–Crippen MR) is 94.1 cm³/mol. The van der Waals surface area contributed by atoms with Gasteiger partial charge in [0, 0.05) is 24.5 Å². The first kappa shape index (κ1) is 17.5. The minimum atomic E-state index is -4.47. The summed E-state index contributed by atoms with van der Waals surface area (Å²) in [6, 6.07) is 8.17. The van der Waals surface area contributed by atoms with Crippen LogP contribution in [0.2, 0.25) is 5.02 Å². The monoisotopic (exact) mass is 391 g/mol. The summed E-state index contributed by atoms with van der Waals surface area (Å²) in [5.41, 5.74) is 1.71. The molecule has 9 heteroatoms. The maximum absolute atomic E-state index is 12.8. The van der Waals surface area contributed by atoms with Crippen molar-refractivity contribution in [3.05, 3.63) is 76.7 Å². The molecule has 3 heterocycles. The van der Waals surface area contributed by atoms with E-state index in [9.17, 15) is 13.2 Å². The zero-order chi connectivity index (χ0) is 19.2. The van der Waals surface area contributed by atoms with Crippen molar-refractivity contribution >= 4 is 17.2 Å². The Morgan fingerprint density at radius 2 is 1.81 bits per heavy atom. The summed E-state index contributed by atoms with van der Waals surface area (Å²) in [7, 11) is 0. The van der Waals surface area contributed by atoms with Crippen molar-refractivity contribution < 1.29 is 13.2 Å². The van der Waals surface area contributed by atoms with E-state index in [1.807, 2.05) is 16.5 Å². The zero-order valence-corrected chi connectivity index (χ0v) is 14.8. The number of aromatic nitrogens is 5. The van der Waals surface area contributed by atoms with Gasteiger partial charge in [0.2, 0.25) is 0 Å². The summed E-state index contributed by atoms with van der Waals surface area (Å²) in [6.45, 7) is 1.59. The highest BCUT2D eigenvalue weighted by Gasteiger charge is 2.34. The van der Waals surface area contributed by atoms with Crippen molar-refractivity contribution in [3.63, 3.8) is 0 Å². The van der Waals surface area contributed by atoms with Gasteiger partial charge in [-0.3, -0.25) is 4.40 Å². The average molecular weight is 392 g/mol. The van der Waals surface area contributed by atoms with Crippen LogP contribution in [0.3, 0.4) is 0 Å². The quantitative estimate of drug-likeness (QED) is 0.517. The number of imidazole rings is 1. The van der Waals surface area contributed by atoms with Crippen LogP contribution in [0.15, 0.2) is 48.9 Å². The van der Waals surface area contributed by atoms with Crippen molar-refractivity contribution in [1.29, 1.82) is 0 Å². The van der Waals surface area contributed by atoms with Crippen LogP contribution >= 0.6 is 11.6 Å². The fourth-order valence-electron chi connectivity index (χ4n) is 2.85. The number of halogens is 4. The third kappa shape index (κ3) is 3.40. The van der Waals surface area contributed by atoms with Crippen LogP contribution in [0.4, 0.5) is 13.2 Å². The second kappa shape index (κ2) is 6.38. The molecule has 0 unspecified atom stereocenters. The Labute approximate surface area is 157 Å². The Morgan fingerprint density at radius 3 is 2.48 bits per heavy atom. The Hall–Kier alpha value is -2.87. The number of benzene rings is 1. The van der Waals surface area contributed by atoms with Gasteiger partial charge in [0.25, 0.3) is 0 Å². The minimum Gasteiger partial charge on any atom is -0.286 e. The number of hydrogen-bond donors (Lipinski definition) is 0. The molecule has 0 saturated carbocycles. The molecule has 0 aliphatic carbocycles. The standard InChI is InChI=1S/C18H13ClF3N5/c1-11-6-15(18(20,21)22)25-27(11)14-4-2-12(3-5-14)7-16-24-9-17-23-8-13(19)10-26(16)17/h2-6,8-10H,7H2,1H3. The first-order valence-electron chi connectivity index (χ1n) is 8.02. The molecule has 0 aliphatic rings. The van der Waals surface area contributed by atoms with E-state index in [1.54, 1.807) is 37.6 Å². The molecule has 0 saturated heterocycles. The molecule has 0 N–H and O–H groups in total. The average Bonchev–Trinajstić information content (AvgIpc) is 3.19. The highest BCUT2D eigenvalue weighted by atomic mass is 35.5. The molecule has 138 valence electrons. The van der Waals surface area contributed by atoms with Gasteiger partial charge in [-0.05, 0) is 30.7 Å². The maximum Gasteiger partial charge on any atom is 0.435 e. The molecule has 0 spiro atoms. The maximum atomic E-state index is 12.8. The zero-order valence-electron chi connectivity index (χ0n) is 14.1. The fourth-order valence-corrected chi connectivity index (χ4v) is 3.00. The second-order valence-corrected chi connectivity index (χ2v) is 6.53. The SMILES string of the molecule is Cc1cc(C(F)(F)F)nn1-c1ccc(Cc2ncc3ncc(Cl)cn23)cc1. The first-order chi connectivity index (χ1) is 12.8.